The molecule has 9 unspecified atom stereocenters. The number of aliphatic hydroxyl groups excluding tert-OH is 4. The highest BCUT2D eigenvalue weighted by molar-refractivity contribution is 5.99. The molecule has 2 fully saturated rings. The number of rotatable bonds is 4. The molecule has 1 saturated carbocycles. The molecule has 10 nitrogen and oxygen atoms in total. The van der Waals surface area contributed by atoms with Crippen LogP contribution in [-0.4, -0.2) is 82.9 Å². The molecule has 0 amide bonds. The fourth-order valence-corrected chi connectivity index (χ4v) is 3.96. The molecule has 2 aliphatic heterocycles. The van der Waals surface area contributed by atoms with Gasteiger partial charge < -0.3 is 39.4 Å². The average Bonchev–Trinajstić information content (AvgIpc) is 2.96. The second-order valence-corrected chi connectivity index (χ2v) is 7.11. The molecule has 2 heterocycles. The Morgan fingerprint density at radius 1 is 1.22 bits per heavy atom. The summed E-state index contributed by atoms with van der Waals surface area (Å²) in [5, 5.41) is 39.1. The van der Waals surface area contributed by atoms with E-state index in [0.29, 0.717) is 0 Å². The van der Waals surface area contributed by atoms with Gasteiger partial charge in [0.1, 0.15) is 30.2 Å². The number of hydrogen-bond acceptors (Lipinski definition) is 10. The fourth-order valence-electron chi connectivity index (χ4n) is 3.96. The Kier molecular flexibility index (Phi) is 5.84. The van der Waals surface area contributed by atoms with Crippen molar-refractivity contribution in [1.82, 2.24) is 0 Å². The van der Waals surface area contributed by atoms with Crippen LogP contribution < -0.4 is 0 Å². The van der Waals surface area contributed by atoms with Crippen LogP contribution in [0.4, 0.5) is 0 Å². The van der Waals surface area contributed by atoms with Gasteiger partial charge >= 0.3 is 5.97 Å². The molecule has 10 heteroatoms. The lowest BCUT2D eigenvalue weighted by Gasteiger charge is -2.42. The Hall–Kier alpha value is -1.56. The second-order valence-electron chi connectivity index (χ2n) is 7.11. The number of Topliss-reactive ketones (excluding diaryl/α,β-unsaturated/α-hetero) is 1. The maximum absolute atomic E-state index is 12.4. The van der Waals surface area contributed by atoms with E-state index in [9.17, 15) is 30.0 Å². The molecule has 0 aromatic heterocycles. The predicted molar refractivity (Wildman–Crippen MR) is 85.6 cm³/mol. The molecule has 3 aliphatic rings. The van der Waals surface area contributed by atoms with Crippen LogP contribution in [0.15, 0.2) is 11.8 Å². The zero-order valence-corrected chi connectivity index (χ0v) is 14.9. The van der Waals surface area contributed by atoms with Crippen molar-refractivity contribution in [1.29, 1.82) is 0 Å². The number of aliphatic hydroxyl groups is 4. The normalized spacial score (nSPS) is 44.3. The summed E-state index contributed by atoms with van der Waals surface area (Å²) in [4.78, 5) is 24.4. The second kappa shape index (κ2) is 7.82. The molecule has 1 aliphatic carbocycles. The first-order valence-electron chi connectivity index (χ1n) is 8.72. The number of fused-ring (bicyclic) bond motifs is 1. The highest BCUT2D eigenvalue weighted by Gasteiger charge is 2.54. The van der Waals surface area contributed by atoms with Gasteiger partial charge in [-0.05, 0) is 5.92 Å². The van der Waals surface area contributed by atoms with Crippen molar-refractivity contribution in [2.45, 2.75) is 50.3 Å². The van der Waals surface area contributed by atoms with Gasteiger partial charge in [0, 0.05) is 12.3 Å². The molecule has 0 aromatic rings. The third-order valence-electron chi connectivity index (χ3n) is 5.43. The summed E-state index contributed by atoms with van der Waals surface area (Å²) in [6, 6.07) is 0. The minimum atomic E-state index is -1.59. The molecule has 27 heavy (non-hydrogen) atoms. The first kappa shape index (κ1) is 20.2. The maximum Gasteiger partial charge on any atom is 0.337 e. The molecule has 4 N–H and O–H groups in total. The van der Waals surface area contributed by atoms with Crippen molar-refractivity contribution >= 4 is 11.8 Å². The van der Waals surface area contributed by atoms with Gasteiger partial charge in [0.25, 0.3) is 0 Å². The average molecular weight is 388 g/mol. The van der Waals surface area contributed by atoms with E-state index in [1.54, 1.807) is 0 Å². The number of ether oxygens (including phenoxy) is 4. The first-order valence-corrected chi connectivity index (χ1v) is 8.72. The van der Waals surface area contributed by atoms with E-state index in [0.717, 1.165) is 6.26 Å². The topological polar surface area (TPSA) is 152 Å². The van der Waals surface area contributed by atoms with Gasteiger partial charge in [0.2, 0.25) is 6.29 Å². The van der Waals surface area contributed by atoms with Crippen LogP contribution in [0.5, 0.6) is 0 Å². The van der Waals surface area contributed by atoms with Gasteiger partial charge in [0.15, 0.2) is 6.29 Å². The van der Waals surface area contributed by atoms with Crippen molar-refractivity contribution < 1.29 is 49.0 Å². The van der Waals surface area contributed by atoms with Crippen molar-refractivity contribution in [3.8, 4) is 0 Å². The summed E-state index contributed by atoms with van der Waals surface area (Å²) < 4.78 is 21.2. The molecular weight excluding hydrogens is 364 g/mol. The Morgan fingerprint density at radius 2 is 1.93 bits per heavy atom. The number of methoxy groups -OCH3 is 1. The molecule has 0 radical (unpaired) electrons. The molecule has 0 bridgehead atoms. The van der Waals surface area contributed by atoms with Crippen LogP contribution in [0.2, 0.25) is 0 Å². The van der Waals surface area contributed by atoms with E-state index >= 15 is 0 Å². The van der Waals surface area contributed by atoms with E-state index < -0.39 is 61.4 Å². The molecule has 0 aromatic carbocycles. The highest BCUT2D eigenvalue weighted by atomic mass is 16.8. The molecule has 9 atom stereocenters. The zero-order chi connectivity index (χ0) is 19.9. The number of carbonyl (C=O) groups excluding carboxylic acids is 2. The van der Waals surface area contributed by atoms with Crippen LogP contribution in [0.1, 0.15) is 13.3 Å². The Labute approximate surface area is 155 Å². The smallest absolute Gasteiger partial charge is 0.337 e. The lowest BCUT2D eigenvalue weighted by Crippen LogP contribution is -2.60. The standard InChI is InChI=1S/C17H24O10/c1-6-3-8(19)11-7(15(23)24-2)5-25-16(10(6)11)27-17-14(22)13(21)12(20)9(4-18)26-17/h5-6,9-14,16-18,20-22H,3-4H2,1-2H3. The number of ketones is 1. The third-order valence-corrected chi connectivity index (χ3v) is 5.43. The summed E-state index contributed by atoms with van der Waals surface area (Å²) in [6.07, 6.45) is -6.93. The van der Waals surface area contributed by atoms with E-state index in [1.165, 1.54) is 7.11 Å². The van der Waals surface area contributed by atoms with Gasteiger partial charge in [0.05, 0.1) is 31.5 Å². The Balaban J connectivity index is 1.82. The van der Waals surface area contributed by atoms with Crippen LogP contribution in [0.3, 0.4) is 0 Å². The summed E-state index contributed by atoms with van der Waals surface area (Å²) in [6.45, 7) is 1.22. The van der Waals surface area contributed by atoms with Gasteiger partial charge in [-0.3, -0.25) is 4.79 Å². The minimum absolute atomic E-state index is 0.102. The number of carbonyl (C=O) groups is 2. The quantitative estimate of drug-likeness (QED) is 0.400. The summed E-state index contributed by atoms with van der Waals surface area (Å²) in [7, 11) is 1.21. The lowest BCUT2D eigenvalue weighted by atomic mass is 9.83. The van der Waals surface area contributed by atoms with Gasteiger partial charge in [-0.2, -0.15) is 0 Å². The Morgan fingerprint density at radius 3 is 2.56 bits per heavy atom. The number of hydrogen-bond donors (Lipinski definition) is 4. The highest BCUT2D eigenvalue weighted by Crippen LogP contribution is 2.45. The van der Waals surface area contributed by atoms with Gasteiger partial charge in [-0.1, -0.05) is 6.92 Å². The Bertz CT molecular complexity index is 617. The maximum atomic E-state index is 12.4. The van der Waals surface area contributed by atoms with E-state index in [1.807, 2.05) is 6.92 Å². The number of esters is 1. The first-order chi connectivity index (χ1) is 12.8. The van der Waals surface area contributed by atoms with E-state index in [4.69, 9.17) is 18.9 Å². The van der Waals surface area contributed by atoms with Gasteiger partial charge in [-0.15, -0.1) is 0 Å². The largest absolute Gasteiger partial charge is 0.472 e. The van der Waals surface area contributed by atoms with E-state index in [-0.39, 0.29) is 23.7 Å². The van der Waals surface area contributed by atoms with Gasteiger partial charge in [-0.25, -0.2) is 4.79 Å². The zero-order valence-electron chi connectivity index (χ0n) is 14.9. The van der Waals surface area contributed by atoms with Crippen molar-refractivity contribution in [2.24, 2.45) is 17.8 Å². The molecule has 0 spiro atoms. The molecule has 152 valence electrons. The van der Waals surface area contributed by atoms with Crippen LogP contribution in [0.25, 0.3) is 0 Å². The SMILES string of the molecule is COC(=O)C1=COC(OC2OC(CO)C(O)C(O)C2O)C2C(C)CC(=O)C12. The summed E-state index contributed by atoms with van der Waals surface area (Å²) in [5.74, 6) is -2.28. The molecular formula is C17H24O10. The van der Waals surface area contributed by atoms with Crippen LogP contribution in [-0.2, 0) is 28.5 Å². The van der Waals surface area contributed by atoms with E-state index in [2.05, 4.69) is 0 Å². The van der Waals surface area contributed by atoms with Crippen molar-refractivity contribution in [3.05, 3.63) is 11.8 Å². The third kappa shape index (κ3) is 3.48. The fraction of sp³-hybridized carbons (Fsp3) is 0.765. The lowest BCUT2D eigenvalue weighted by molar-refractivity contribution is -0.342. The monoisotopic (exact) mass is 388 g/mol. The molecule has 3 rings (SSSR count). The van der Waals surface area contributed by atoms with Crippen molar-refractivity contribution in [2.75, 3.05) is 13.7 Å². The summed E-state index contributed by atoms with van der Waals surface area (Å²) >= 11 is 0. The van der Waals surface area contributed by atoms with Crippen molar-refractivity contribution in [3.63, 3.8) is 0 Å². The predicted octanol–water partition coefficient (Wildman–Crippen LogP) is -1.94. The van der Waals surface area contributed by atoms with Crippen LogP contribution >= 0.6 is 0 Å². The van der Waals surface area contributed by atoms with Crippen LogP contribution in [0, 0.1) is 17.8 Å². The molecule has 1 saturated heterocycles. The minimum Gasteiger partial charge on any atom is -0.472 e. The summed E-state index contributed by atoms with van der Waals surface area (Å²) in [5.41, 5.74) is 0.102.